The van der Waals surface area contributed by atoms with Gasteiger partial charge in [0.1, 0.15) is 17.3 Å². The molecule has 0 atom stereocenters. The highest BCUT2D eigenvalue weighted by molar-refractivity contribution is 5.92. The van der Waals surface area contributed by atoms with Gasteiger partial charge in [0.15, 0.2) is 5.43 Å². The molecule has 1 aromatic heterocycles. The molecule has 0 spiro atoms. The number of rotatable bonds is 2. The van der Waals surface area contributed by atoms with Crippen molar-refractivity contribution in [1.82, 2.24) is 4.57 Å². The van der Waals surface area contributed by atoms with Gasteiger partial charge in [0, 0.05) is 12.1 Å². The molecule has 0 radical (unpaired) electrons. The zero-order valence-electron chi connectivity index (χ0n) is 10.3. The summed E-state index contributed by atoms with van der Waals surface area (Å²) < 4.78 is 28.7. The second-order valence-electron chi connectivity index (χ2n) is 4.10. The van der Waals surface area contributed by atoms with Crippen molar-refractivity contribution >= 4 is 16.9 Å². The molecular formula is C13H11F2NO3. The number of fused-ring (bicyclic) bond motifs is 1. The van der Waals surface area contributed by atoms with Gasteiger partial charge < -0.3 is 9.67 Å². The fourth-order valence-electron chi connectivity index (χ4n) is 2.22. The van der Waals surface area contributed by atoms with Crippen molar-refractivity contribution in [3.8, 4) is 0 Å². The van der Waals surface area contributed by atoms with Crippen LogP contribution in [0.15, 0.2) is 16.9 Å². The monoisotopic (exact) mass is 267 g/mol. The fraction of sp³-hybridized carbons (Fsp3) is 0.231. The second-order valence-corrected chi connectivity index (χ2v) is 4.10. The first kappa shape index (κ1) is 13.2. The van der Waals surface area contributed by atoms with Gasteiger partial charge in [-0.05, 0) is 26.0 Å². The van der Waals surface area contributed by atoms with E-state index < -0.39 is 28.4 Å². The van der Waals surface area contributed by atoms with Gasteiger partial charge in [0.25, 0.3) is 0 Å². The van der Waals surface area contributed by atoms with Crippen molar-refractivity contribution in [2.75, 3.05) is 0 Å². The second kappa shape index (κ2) is 4.46. The molecule has 19 heavy (non-hydrogen) atoms. The van der Waals surface area contributed by atoms with Crippen LogP contribution in [-0.2, 0) is 6.54 Å². The van der Waals surface area contributed by atoms with Gasteiger partial charge in [-0.3, -0.25) is 4.79 Å². The van der Waals surface area contributed by atoms with Crippen molar-refractivity contribution in [1.29, 1.82) is 0 Å². The molecular weight excluding hydrogens is 256 g/mol. The van der Waals surface area contributed by atoms with Crippen molar-refractivity contribution in [2.45, 2.75) is 20.4 Å². The summed E-state index contributed by atoms with van der Waals surface area (Å²) in [6.07, 6.45) is 0. The SMILES string of the molecule is CCn1c(C(=O)O)c(C)c(=O)c2c(F)ccc(F)c21. The first-order chi connectivity index (χ1) is 8.90. The third-order valence-electron chi connectivity index (χ3n) is 3.06. The maximum absolute atomic E-state index is 13.8. The van der Waals surface area contributed by atoms with E-state index in [9.17, 15) is 18.4 Å². The van der Waals surface area contributed by atoms with E-state index in [-0.39, 0.29) is 23.3 Å². The predicted octanol–water partition coefficient (Wildman–Crippen LogP) is 2.31. The summed E-state index contributed by atoms with van der Waals surface area (Å²) in [5.41, 5.74) is -1.53. The average molecular weight is 267 g/mol. The highest BCUT2D eigenvalue weighted by Gasteiger charge is 2.22. The van der Waals surface area contributed by atoms with E-state index >= 15 is 0 Å². The third kappa shape index (κ3) is 1.80. The predicted molar refractivity (Wildman–Crippen MR) is 65.5 cm³/mol. The normalized spacial score (nSPS) is 10.9. The molecule has 4 nitrogen and oxygen atoms in total. The van der Waals surface area contributed by atoms with Crippen LogP contribution < -0.4 is 5.43 Å². The molecule has 2 rings (SSSR count). The first-order valence-corrected chi connectivity index (χ1v) is 5.64. The maximum Gasteiger partial charge on any atom is 0.352 e. The van der Waals surface area contributed by atoms with E-state index in [1.807, 2.05) is 0 Å². The summed E-state index contributed by atoms with van der Waals surface area (Å²) in [4.78, 5) is 23.2. The lowest BCUT2D eigenvalue weighted by Crippen LogP contribution is -2.23. The summed E-state index contributed by atoms with van der Waals surface area (Å²) in [5, 5.41) is 8.73. The van der Waals surface area contributed by atoms with Crippen LogP contribution in [0.3, 0.4) is 0 Å². The van der Waals surface area contributed by atoms with E-state index in [1.165, 1.54) is 6.92 Å². The standard InChI is InChI=1S/C13H11F2NO3/c1-3-16-10(13(18)19)6(2)12(17)9-7(14)4-5-8(15)11(9)16/h4-5H,3H2,1-2H3,(H,18,19). The number of aryl methyl sites for hydroxylation is 1. The summed E-state index contributed by atoms with van der Waals surface area (Å²) >= 11 is 0. The van der Waals surface area contributed by atoms with Crippen LogP contribution in [-0.4, -0.2) is 15.6 Å². The Morgan fingerprint density at radius 1 is 1.32 bits per heavy atom. The molecule has 0 bridgehead atoms. The quantitative estimate of drug-likeness (QED) is 0.908. The van der Waals surface area contributed by atoms with Crippen LogP contribution in [0.4, 0.5) is 8.78 Å². The number of aromatic nitrogens is 1. The van der Waals surface area contributed by atoms with Crippen LogP contribution >= 0.6 is 0 Å². The third-order valence-corrected chi connectivity index (χ3v) is 3.06. The lowest BCUT2D eigenvalue weighted by Gasteiger charge is -2.15. The molecule has 0 amide bonds. The number of carboxylic acid groups (broad SMARTS) is 1. The molecule has 1 heterocycles. The number of carboxylic acids is 1. The van der Waals surface area contributed by atoms with Crippen molar-refractivity contribution < 1.29 is 18.7 Å². The molecule has 1 N–H and O–H groups in total. The van der Waals surface area contributed by atoms with Crippen molar-refractivity contribution in [2.24, 2.45) is 0 Å². The number of pyridine rings is 1. The summed E-state index contributed by atoms with van der Waals surface area (Å²) in [5.74, 6) is -3.02. The van der Waals surface area contributed by atoms with E-state index in [0.717, 1.165) is 16.7 Å². The highest BCUT2D eigenvalue weighted by atomic mass is 19.1. The Balaban J connectivity index is 3.19. The molecule has 2 aromatic rings. The Bertz CT molecular complexity index is 750. The van der Waals surface area contributed by atoms with Gasteiger partial charge in [-0.2, -0.15) is 0 Å². The minimum Gasteiger partial charge on any atom is -0.477 e. The van der Waals surface area contributed by atoms with E-state index in [4.69, 9.17) is 5.11 Å². The van der Waals surface area contributed by atoms with Gasteiger partial charge in [-0.25, -0.2) is 13.6 Å². The number of hydrogen-bond acceptors (Lipinski definition) is 2. The van der Waals surface area contributed by atoms with Crippen LogP contribution in [0.2, 0.25) is 0 Å². The van der Waals surface area contributed by atoms with Gasteiger partial charge in [-0.1, -0.05) is 0 Å². The van der Waals surface area contributed by atoms with Gasteiger partial charge in [0.2, 0.25) is 0 Å². The molecule has 0 fully saturated rings. The number of benzene rings is 1. The summed E-state index contributed by atoms with van der Waals surface area (Å²) in [6.45, 7) is 3.00. The molecule has 0 saturated carbocycles. The van der Waals surface area contributed by atoms with Crippen LogP contribution in [0, 0.1) is 18.6 Å². The molecule has 0 aliphatic heterocycles. The molecule has 0 aliphatic rings. The summed E-state index contributed by atoms with van der Waals surface area (Å²) in [7, 11) is 0. The van der Waals surface area contributed by atoms with E-state index in [0.29, 0.717) is 0 Å². The van der Waals surface area contributed by atoms with Crippen LogP contribution in [0.5, 0.6) is 0 Å². The fourth-order valence-corrected chi connectivity index (χ4v) is 2.22. The lowest BCUT2D eigenvalue weighted by atomic mass is 10.1. The minimum absolute atomic E-state index is 0.105. The Hall–Kier alpha value is -2.24. The van der Waals surface area contributed by atoms with Crippen molar-refractivity contribution in [3.05, 3.63) is 45.2 Å². The Kier molecular flexibility index (Phi) is 3.09. The number of carbonyl (C=O) groups is 1. The van der Waals surface area contributed by atoms with Crippen molar-refractivity contribution in [3.63, 3.8) is 0 Å². The highest BCUT2D eigenvalue weighted by Crippen LogP contribution is 2.22. The zero-order valence-corrected chi connectivity index (χ0v) is 10.3. The Morgan fingerprint density at radius 2 is 1.89 bits per heavy atom. The van der Waals surface area contributed by atoms with Gasteiger partial charge >= 0.3 is 5.97 Å². The number of nitrogens with zero attached hydrogens (tertiary/aromatic N) is 1. The summed E-state index contributed by atoms with van der Waals surface area (Å²) in [6, 6.07) is 1.74. The van der Waals surface area contributed by atoms with E-state index in [2.05, 4.69) is 0 Å². The number of halogens is 2. The molecule has 0 aliphatic carbocycles. The molecule has 0 saturated heterocycles. The smallest absolute Gasteiger partial charge is 0.352 e. The number of hydrogen-bond donors (Lipinski definition) is 1. The molecule has 6 heteroatoms. The van der Waals surface area contributed by atoms with Gasteiger partial charge in [0.05, 0.1) is 10.9 Å². The Labute approximate surface area is 106 Å². The topological polar surface area (TPSA) is 59.3 Å². The lowest BCUT2D eigenvalue weighted by molar-refractivity contribution is 0.0684. The molecule has 100 valence electrons. The van der Waals surface area contributed by atoms with Crippen LogP contribution in [0.1, 0.15) is 23.0 Å². The first-order valence-electron chi connectivity index (χ1n) is 5.64. The average Bonchev–Trinajstić information content (AvgIpc) is 2.36. The Morgan fingerprint density at radius 3 is 2.42 bits per heavy atom. The van der Waals surface area contributed by atoms with Gasteiger partial charge in [-0.15, -0.1) is 0 Å². The zero-order chi connectivity index (χ0) is 14.3. The van der Waals surface area contributed by atoms with Crippen LogP contribution in [0.25, 0.3) is 10.9 Å². The van der Waals surface area contributed by atoms with E-state index in [1.54, 1.807) is 6.92 Å². The minimum atomic E-state index is -1.35. The maximum atomic E-state index is 13.8. The molecule has 0 unspecified atom stereocenters. The largest absolute Gasteiger partial charge is 0.477 e. The number of aromatic carboxylic acids is 1. The molecule has 1 aromatic carbocycles.